The zero-order valence-electron chi connectivity index (χ0n) is 33.3. The second-order valence-electron chi connectivity index (χ2n) is 15.9. The number of thiophene rings is 1. The lowest BCUT2D eigenvalue weighted by atomic mass is 9.92. The van der Waals surface area contributed by atoms with Crippen LogP contribution in [0, 0.1) is 0 Å². The Balaban J connectivity index is 1.19. The van der Waals surface area contributed by atoms with Crippen molar-refractivity contribution >= 4 is 85.6 Å². The molecule has 0 saturated carbocycles. The molecule has 0 spiro atoms. The maximum atomic E-state index is 5.54. The number of para-hydroxylation sites is 1. The first kappa shape index (κ1) is 34.8. The summed E-state index contributed by atoms with van der Waals surface area (Å²) in [5.41, 5.74) is 8.47. The first-order valence-corrected chi connectivity index (χ1v) is 21.8. The highest BCUT2D eigenvalue weighted by Crippen LogP contribution is 2.45. The number of nitrogens with zero attached hydrogens (tertiary/aromatic N) is 4. The Morgan fingerprint density at radius 1 is 0.323 bits per heavy atom. The third kappa shape index (κ3) is 5.29. The summed E-state index contributed by atoms with van der Waals surface area (Å²) in [7, 11) is 0. The molecule has 13 aromatic rings. The molecule has 0 aliphatic rings. The van der Waals surface area contributed by atoms with E-state index in [0.29, 0.717) is 17.5 Å². The van der Waals surface area contributed by atoms with Crippen LogP contribution in [0.15, 0.2) is 206 Å². The average molecular weight is 807 g/mol. The lowest BCUT2D eigenvalue weighted by Crippen LogP contribution is -2.04. The normalized spacial score (nSPS) is 11.9. The molecule has 0 bridgehead atoms. The maximum absolute atomic E-state index is 5.54. The molecule has 0 radical (unpaired) electrons. The van der Waals surface area contributed by atoms with Crippen molar-refractivity contribution in [2.45, 2.75) is 0 Å². The van der Waals surface area contributed by atoms with Crippen LogP contribution >= 0.6 is 11.3 Å². The number of fused-ring (bicyclic) bond motifs is 12. The molecule has 10 aromatic carbocycles. The van der Waals surface area contributed by atoms with Gasteiger partial charge in [-0.1, -0.05) is 170 Å². The average Bonchev–Trinajstić information content (AvgIpc) is 3.90. The van der Waals surface area contributed by atoms with E-state index < -0.39 is 0 Å². The van der Waals surface area contributed by atoms with Crippen LogP contribution in [0.25, 0.3) is 125 Å². The van der Waals surface area contributed by atoms with Crippen LogP contribution in [-0.4, -0.2) is 19.5 Å². The topological polar surface area (TPSA) is 43.6 Å². The van der Waals surface area contributed by atoms with Crippen molar-refractivity contribution in [3.05, 3.63) is 206 Å². The van der Waals surface area contributed by atoms with Crippen molar-refractivity contribution < 1.29 is 0 Å². The van der Waals surface area contributed by atoms with Crippen LogP contribution in [0.5, 0.6) is 0 Å². The molecular formula is C57H34N4S. The van der Waals surface area contributed by atoms with E-state index in [1.54, 1.807) is 11.3 Å². The Kier molecular flexibility index (Phi) is 7.74. The van der Waals surface area contributed by atoms with E-state index in [1.807, 2.05) is 18.2 Å². The molecule has 3 heterocycles. The first-order valence-electron chi connectivity index (χ1n) is 20.9. The van der Waals surface area contributed by atoms with Crippen LogP contribution < -0.4 is 0 Å². The molecule has 0 atom stereocenters. The van der Waals surface area contributed by atoms with Gasteiger partial charge in [-0.3, -0.25) is 0 Å². The Hall–Kier alpha value is -7.99. The van der Waals surface area contributed by atoms with E-state index >= 15 is 0 Å². The third-order valence-electron chi connectivity index (χ3n) is 12.4. The van der Waals surface area contributed by atoms with Crippen molar-refractivity contribution in [2.24, 2.45) is 0 Å². The lowest BCUT2D eigenvalue weighted by Gasteiger charge is -2.18. The van der Waals surface area contributed by atoms with Crippen LogP contribution in [0.4, 0.5) is 0 Å². The second-order valence-corrected chi connectivity index (χ2v) is 16.9. The van der Waals surface area contributed by atoms with Gasteiger partial charge in [0, 0.05) is 47.6 Å². The standard InChI is InChI=1S/C57H34N4S/c1-3-17-35(18-4-1)37-27-16-31-50-53(37)44-26-11-13-30-49(44)61(50)51-34-47-41-24-10-8-22-39(41)38-21-7-9-23-40(38)46(47)33-48(51)57-59-55(36-19-5-2-6-20-36)58-56(60-57)45-29-15-28-43-42-25-12-14-32-52(42)62-54(43)45/h1-34H. The molecule has 0 saturated heterocycles. The minimum Gasteiger partial charge on any atom is -0.308 e. The Bertz CT molecular complexity index is 3920. The Morgan fingerprint density at radius 2 is 0.823 bits per heavy atom. The Morgan fingerprint density at radius 3 is 1.55 bits per heavy atom. The molecule has 0 amide bonds. The van der Waals surface area contributed by atoms with Crippen molar-refractivity contribution in [1.82, 2.24) is 19.5 Å². The highest BCUT2D eigenvalue weighted by Gasteiger charge is 2.24. The first-order chi connectivity index (χ1) is 30.8. The molecule has 0 aliphatic heterocycles. The number of benzene rings is 10. The summed E-state index contributed by atoms with van der Waals surface area (Å²) in [6.07, 6.45) is 0. The molecule has 62 heavy (non-hydrogen) atoms. The number of hydrogen-bond donors (Lipinski definition) is 0. The number of rotatable bonds is 5. The summed E-state index contributed by atoms with van der Waals surface area (Å²) in [6.45, 7) is 0. The van der Waals surface area contributed by atoms with E-state index in [1.165, 1.54) is 64.3 Å². The molecule has 13 rings (SSSR count). The van der Waals surface area contributed by atoms with E-state index in [-0.39, 0.29) is 0 Å². The van der Waals surface area contributed by atoms with Crippen LogP contribution in [-0.2, 0) is 0 Å². The summed E-state index contributed by atoms with van der Waals surface area (Å²) >= 11 is 1.79. The summed E-state index contributed by atoms with van der Waals surface area (Å²) in [4.78, 5) is 16.3. The Labute approximate surface area is 360 Å². The monoisotopic (exact) mass is 806 g/mol. The van der Waals surface area contributed by atoms with Gasteiger partial charge in [0.2, 0.25) is 0 Å². The summed E-state index contributed by atoms with van der Waals surface area (Å²) in [5.74, 6) is 1.90. The van der Waals surface area contributed by atoms with Gasteiger partial charge in [-0.25, -0.2) is 15.0 Å². The van der Waals surface area contributed by atoms with Gasteiger partial charge >= 0.3 is 0 Å². The molecule has 4 nitrogen and oxygen atoms in total. The summed E-state index contributed by atoms with van der Waals surface area (Å²) in [6, 6.07) is 73.9. The molecule has 3 aromatic heterocycles. The zero-order chi connectivity index (χ0) is 40.7. The minimum absolute atomic E-state index is 0.617. The van der Waals surface area contributed by atoms with Gasteiger partial charge in [-0.15, -0.1) is 11.3 Å². The van der Waals surface area contributed by atoms with Crippen molar-refractivity contribution in [3.8, 4) is 51.0 Å². The molecule has 0 aliphatic carbocycles. The highest BCUT2D eigenvalue weighted by atomic mass is 32.1. The van der Waals surface area contributed by atoms with Crippen molar-refractivity contribution in [1.29, 1.82) is 0 Å². The fourth-order valence-electron chi connectivity index (χ4n) is 9.70. The third-order valence-corrected chi connectivity index (χ3v) is 13.7. The summed E-state index contributed by atoms with van der Waals surface area (Å²) < 4.78 is 4.84. The van der Waals surface area contributed by atoms with Gasteiger partial charge in [0.15, 0.2) is 17.5 Å². The predicted octanol–water partition coefficient (Wildman–Crippen LogP) is 15.5. The predicted molar refractivity (Wildman–Crippen MR) is 261 cm³/mol. The summed E-state index contributed by atoms with van der Waals surface area (Å²) in [5, 5.41) is 12.0. The van der Waals surface area contributed by atoms with Gasteiger partial charge in [0.1, 0.15) is 0 Å². The van der Waals surface area contributed by atoms with Gasteiger partial charge in [0.05, 0.1) is 16.7 Å². The van der Waals surface area contributed by atoms with Crippen LogP contribution in [0.2, 0.25) is 0 Å². The number of hydrogen-bond acceptors (Lipinski definition) is 4. The highest BCUT2D eigenvalue weighted by molar-refractivity contribution is 7.26. The fourth-order valence-corrected chi connectivity index (χ4v) is 10.9. The molecule has 288 valence electrons. The fraction of sp³-hybridized carbons (Fsp3) is 0. The molecular weight excluding hydrogens is 773 g/mol. The van der Waals surface area contributed by atoms with Crippen molar-refractivity contribution in [2.75, 3.05) is 0 Å². The molecule has 0 N–H and O–H groups in total. The molecule has 5 heteroatoms. The van der Waals surface area contributed by atoms with Crippen molar-refractivity contribution in [3.63, 3.8) is 0 Å². The lowest BCUT2D eigenvalue weighted by molar-refractivity contribution is 1.07. The van der Waals surface area contributed by atoms with Gasteiger partial charge in [-0.2, -0.15) is 0 Å². The minimum atomic E-state index is 0.617. The zero-order valence-corrected chi connectivity index (χ0v) is 34.1. The van der Waals surface area contributed by atoms with Gasteiger partial charge in [-0.05, 0) is 79.8 Å². The van der Waals surface area contributed by atoms with Crippen LogP contribution in [0.3, 0.4) is 0 Å². The largest absolute Gasteiger partial charge is 0.308 e. The van der Waals surface area contributed by atoms with Gasteiger partial charge in [0.25, 0.3) is 0 Å². The number of aromatic nitrogens is 4. The van der Waals surface area contributed by atoms with Gasteiger partial charge < -0.3 is 4.57 Å². The van der Waals surface area contributed by atoms with E-state index in [9.17, 15) is 0 Å². The second kappa shape index (κ2) is 13.8. The molecule has 0 fully saturated rings. The smallest absolute Gasteiger partial charge is 0.166 e. The van der Waals surface area contributed by atoms with E-state index in [2.05, 4.69) is 193 Å². The SMILES string of the molecule is c1ccc(-c2nc(-c3cc4c5ccccc5c5ccccc5c4cc3-n3c4ccccc4c4c(-c5ccccc5)cccc43)nc(-c3cccc4c3sc3ccccc34)n2)cc1. The van der Waals surface area contributed by atoms with E-state index in [4.69, 9.17) is 15.0 Å². The quantitative estimate of drug-likeness (QED) is 0.163. The molecule has 0 unspecified atom stereocenters. The maximum Gasteiger partial charge on any atom is 0.166 e. The van der Waals surface area contributed by atoms with Crippen LogP contribution in [0.1, 0.15) is 0 Å². The van der Waals surface area contributed by atoms with E-state index in [0.717, 1.165) is 43.5 Å².